The van der Waals surface area contributed by atoms with Crippen LogP contribution in [0.2, 0.25) is 0 Å². The maximum atomic E-state index is 12.6. The van der Waals surface area contributed by atoms with E-state index < -0.39 is 20.5 Å². The molecule has 0 saturated heterocycles. The molecule has 1 aliphatic rings. The predicted molar refractivity (Wildman–Crippen MR) is 109 cm³/mol. The molecule has 0 radical (unpaired) electrons. The molecule has 0 bridgehead atoms. The fraction of sp³-hybridized carbons (Fsp3) is 0.647. The third-order valence-electron chi connectivity index (χ3n) is 4.32. The molecule has 1 aromatic carbocycles. The van der Waals surface area contributed by atoms with E-state index >= 15 is 0 Å². The minimum Gasteiger partial charge on any atom is -0.261 e. The van der Waals surface area contributed by atoms with Crippen LogP contribution in [0.1, 0.15) is 51.9 Å². The molecule has 0 aromatic heterocycles. The van der Waals surface area contributed by atoms with Crippen molar-refractivity contribution >= 4 is 57.9 Å². The van der Waals surface area contributed by atoms with Crippen LogP contribution in [0, 0.1) is 0 Å². The molecule has 1 aliphatic carbocycles. The molecule has 1 fully saturated rings. The molecule has 0 heterocycles. The number of benzene rings is 1. The van der Waals surface area contributed by atoms with Crippen molar-refractivity contribution in [3.8, 4) is 0 Å². The van der Waals surface area contributed by atoms with Crippen molar-refractivity contribution in [1.82, 2.24) is 0 Å². The van der Waals surface area contributed by atoms with Gasteiger partial charge in [-0.2, -0.15) is 8.42 Å². The highest BCUT2D eigenvalue weighted by Crippen LogP contribution is 2.68. The molecule has 7 heteroatoms. The SMILES string of the molecule is CCCCCCCC(OS(=O)(=O)c1ccccc1)C1(Br)CC1(Br)Br. The highest BCUT2D eigenvalue weighted by atomic mass is 79.9. The average Bonchev–Trinajstić information content (AvgIpc) is 3.06. The van der Waals surface area contributed by atoms with Gasteiger partial charge in [0, 0.05) is 0 Å². The van der Waals surface area contributed by atoms with Gasteiger partial charge in [-0.15, -0.1) is 0 Å². The molecule has 3 nitrogen and oxygen atoms in total. The Morgan fingerprint density at radius 3 is 2.21 bits per heavy atom. The van der Waals surface area contributed by atoms with E-state index in [9.17, 15) is 8.42 Å². The zero-order chi connectivity index (χ0) is 17.8. The lowest BCUT2D eigenvalue weighted by Crippen LogP contribution is -2.32. The number of unbranched alkanes of at least 4 members (excludes halogenated alkanes) is 4. The van der Waals surface area contributed by atoms with Crippen LogP contribution >= 0.6 is 47.8 Å². The zero-order valence-electron chi connectivity index (χ0n) is 13.7. The highest BCUT2D eigenvalue weighted by molar-refractivity contribution is 9.26. The number of hydrogen-bond acceptors (Lipinski definition) is 3. The first-order valence-electron chi connectivity index (χ1n) is 8.28. The summed E-state index contributed by atoms with van der Waals surface area (Å²) < 4.78 is 30.1. The highest BCUT2D eigenvalue weighted by Gasteiger charge is 2.68. The van der Waals surface area contributed by atoms with Gasteiger partial charge in [-0.1, -0.05) is 105 Å². The molecule has 2 rings (SSSR count). The first kappa shape index (κ1) is 20.9. The minimum absolute atomic E-state index is 0.201. The van der Waals surface area contributed by atoms with E-state index in [1.54, 1.807) is 30.3 Å². The Bertz CT molecular complexity index is 634. The first-order valence-corrected chi connectivity index (χ1v) is 12.1. The Morgan fingerprint density at radius 2 is 1.67 bits per heavy atom. The molecule has 0 N–H and O–H groups in total. The molecular weight excluding hydrogens is 524 g/mol. The zero-order valence-corrected chi connectivity index (χ0v) is 19.3. The maximum absolute atomic E-state index is 12.6. The number of alkyl halides is 3. The summed E-state index contributed by atoms with van der Waals surface area (Å²) in [6.45, 7) is 2.18. The molecular formula is C17H23Br3O3S. The third kappa shape index (κ3) is 5.06. The van der Waals surface area contributed by atoms with Crippen LogP contribution < -0.4 is 0 Å². The Kier molecular flexibility index (Phi) is 7.40. The van der Waals surface area contributed by atoms with Gasteiger partial charge in [0.05, 0.1) is 18.6 Å². The van der Waals surface area contributed by atoms with Gasteiger partial charge >= 0.3 is 0 Å². The summed E-state index contributed by atoms with van der Waals surface area (Å²) in [6.07, 6.45) is 6.70. The van der Waals surface area contributed by atoms with E-state index in [1.165, 1.54) is 19.3 Å². The van der Waals surface area contributed by atoms with Crippen LogP contribution in [0.25, 0.3) is 0 Å². The molecule has 0 aliphatic heterocycles. The van der Waals surface area contributed by atoms with E-state index in [0.717, 1.165) is 19.3 Å². The van der Waals surface area contributed by atoms with Crippen LogP contribution in [-0.2, 0) is 14.3 Å². The van der Waals surface area contributed by atoms with E-state index in [-0.39, 0.29) is 8.13 Å². The minimum atomic E-state index is -3.77. The van der Waals surface area contributed by atoms with Gasteiger partial charge < -0.3 is 0 Å². The Hall–Kier alpha value is 0.570. The van der Waals surface area contributed by atoms with Gasteiger partial charge in [0.2, 0.25) is 0 Å². The molecule has 1 saturated carbocycles. The van der Waals surface area contributed by atoms with Crippen LogP contribution in [0.4, 0.5) is 0 Å². The van der Waals surface area contributed by atoms with Crippen molar-refractivity contribution < 1.29 is 12.6 Å². The Morgan fingerprint density at radius 1 is 1.08 bits per heavy atom. The number of rotatable bonds is 10. The maximum Gasteiger partial charge on any atom is 0.297 e. The van der Waals surface area contributed by atoms with E-state index in [1.807, 2.05) is 0 Å². The standard InChI is InChI=1S/C17H23Br3O3S/c1-2-3-4-5-9-12-15(16(18)13-17(16,19)20)23-24(21,22)14-10-7-6-8-11-14/h6-8,10-11,15H,2-5,9,12-13H2,1H3. The van der Waals surface area contributed by atoms with E-state index in [2.05, 4.69) is 54.7 Å². The third-order valence-corrected chi connectivity index (χ3v) is 10.2. The first-order chi connectivity index (χ1) is 11.2. The van der Waals surface area contributed by atoms with Crippen molar-refractivity contribution in [3.05, 3.63) is 30.3 Å². The fourth-order valence-corrected chi connectivity index (χ4v) is 6.89. The Labute approximate surface area is 170 Å². The quantitative estimate of drug-likeness (QED) is 0.201. The lowest BCUT2D eigenvalue weighted by Gasteiger charge is -2.24. The topological polar surface area (TPSA) is 43.4 Å². The van der Waals surface area contributed by atoms with Crippen LogP contribution in [-0.4, -0.2) is 22.1 Å². The molecule has 0 amide bonds. The van der Waals surface area contributed by atoms with Crippen LogP contribution in [0.3, 0.4) is 0 Å². The predicted octanol–water partition coefficient (Wildman–Crippen LogP) is 6.14. The molecule has 24 heavy (non-hydrogen) atoms. The van der Waals surface area contributed by atoms with Crippen LogP contribution in [0.5, 0.6) is 0 Å². The second-order valence-corrected chi connectivity index (χ2v) is 13.1. The Balaban J connectivity index is 2.06. The molecule has 0 spiro atoms. The normalized spacial score (nSPS) is 23.8. The fourth-order valence-electron chi connectivity index (χ4n) is 2.71. The average molecular weight is 547 g/mol. The van der Waals surface area contributed by atoms with Crippen molar-refractivity contribution in [2.24, 2.45) is 0 Å². The summed E-state index contributed by atoms with van der Waals surface area (Å²) in [5.41, 5.74) is 0. The smallest absolute Gasteiger partial charge is 0.261 e. The van der Waals surface area contributed by atoms with Gasteiger partial charge in [-0.25, -0.2) is 0 Å². The van der Waals surface area contributed by atoms with E-state index in [0.29, 0.717) is 6.42 Å². The van der Waals surface area contributed by atoms with Gasteiger partial charge in [0.1, 0.15) is 0 Å². The monoisotopic (exact) mass is 544 g/mol. The van der Waals surface area contributed by atoms with Gasteiger partial charge in [0.15, 0.2) is 0 Å². The lowest BCUT2D eigenvalue weighted by atomic mass is 10.1. The van der Waals surface area contributed by atoms with Gasteiger partial charge in [-0.3, -0.25) is 4.18 Å². The molecule has 1 aromatic rings. The lowest BCUT2D eigenvalue weighted by molar-refractivity contribution is 0.186. The van der Waals surface area contributed by atoms with Crippen molar-refractivity contribution in [1.29, 1.82) is 0 Å². The van der Waals surface area contributed by atoms with Crippen LogP contribution in [0.15, 0.2) is 35.2 Å². The molecule has 2 atom stereocenters. The van der Waals surface area contributed by atoms with Crippen molar-refractivity contribution in [3.63, 3.8) is 0 Å². The number of halogens is 3. The largest absolute Gasteiger partial charge is 0.297 e. The van der Waals surface area contributed by atoms with Gasteiger partial charge in [0.25, 0.3) is 10.1 Å². The van der Waals surface area contributed by atoms with E-state index in [4.69, 9.17) is 4.18 Å². The second-order valence-electron chi connectivity index (χ2n) is 6.30. The second kappa shape index (κ2) is 8.51. The summed E-state index contributed by atoms with van der Waals surface area (Å²) >= 11 is 10.9. The molecule has 2 unspecified atom stereocenters. The van der Waals surface area contributed by atoms with Crippen molar-refractivity contribution in [2.45, 2.75) is 70.4 Å². The summed E-state index contributed by atoms with van der Waals surface area (Å²) in [5.74, 6) is 0. The summed E-state index contributed by atoms with van der Waals surface area (Å²) in [6, 6.07) is 8.33. The van der Waals surface area contributed by atoms with Crippen molar-refractivity contribution in [2.75, 3.05) is 0 Å². The number of hydrogen-bond donors (Lipinski definition) is 0. The summed E-state index contributed by atoms with van der Waals surface area (Å²) in [4.78, 5) is 0.201. The summed E-state index contributed by atoms with van der Waals surface area (Å²) in [7, 11) is -3.77. The van der Waals surface area contributed by atoms with Gasteiger partial charge in [-0.05, 0) is 25.0 Å². The summed E-state index contributed by atoms with van der Waals surface area (Å²) in [5, 5.41) is 0. The molecule has 136 valence electrons.